The number of halogens is 3. The highest BCUT2D eigenvalue weighted by atomic mass is 19.4. The number of carbonyl (C=O) groups excluding carboxylic acids is 1. The number of amides is 1. The standard InChI is InChI=1S/C15H16F3NO2/c1-2-14(20)19-12-7-13(8-12)21-9-10-4-3-5-11(6-10)15(16,17)18/h2-6,12-13H,1,7-9H2,(H,19,20). The fourth-order valence-electron chi connectivity index (χ4n) is 2.13. The number of ether oxygens (including phenoxy) is 1. The predicted octanol–water partition coefficient (Wildman–Crippen LogP) is 3.06. The van der Waals surface area contributed by atoms with E-state index < -0.39 is 11.7 Å². The van der Waals surface area contributed by atoms with Crippen LogP contribution < -0.4 is 5.32 Å². The van der Waals surface area contributed by atoms with Crippen molar-refractivity contribution in [3.8, 4) is 0 Å². The number of benzene rings is 1. The smallest absolute Gasteiger partial charge is 0.373 e. The predicted molar refractivity (Wildman–Crippen MR) is 71.4 cm³/mol. The summed E-state index contributed by atoms with van der Waals surface area (Å²) in [6, 6.07) is 5.16. The van der Waals surface area contributed by atoms with Gasteiger partial charge < -0.3 is 10.1 Å². The molecule has 0 spiro atoms. The molecule has 6 heteroatoms. The van der Waals surface area contributed by atoms with Crippen LogP contribution in [0, 0.1) is 0 Å². The third-order valence-corrected chi connectivity index (χ3v) is 3.37. The van der Waals surface area contributed by atoms with E-state index in [-0.39, 0.29) is 24.7 Å². The largest absolute Gasteiger partial charge is 0.416 e. The Kier molecular flexibility index (Phi) is 4.67. The maximum atomic E-state index is 12.6. The van der Waals surface area contributed by atoms with Gasteiger partial charge >= 0.3 is 6.18 Å². The van der Waals surface area contributed by atoms with Crippen LogP contribution in [0.25, 0.3) is 0 Å². The maximum absolute atomic E-state index is 12.6. The molecular formula is C15H16F3NO2. The average molecular weight is 299 g/mol. The molecule has 1 saturated carbocycles. The highest BCUT2D eigenvalue weighted by molar-refractivity contribution is 5.87. The normalized spacial score (nSPS) is 21.5. The van der Waals surface area contributed by atoms with Crippen LogP contribution in [-0.2, 0) is 22.3 Å². The molecule has 2 rings (SSSR count). The second-order valence-electron chi connectivity index (χ2n) is 5.01. The van der Waals surface area contributed by atoms with E-state index in [9.17, 15) is 18.0 Å². The van der Waals surface area contributed by atoms with Crippen LogP contribution in [0.15, 0.2) is 36.9 Å². The van der Waals surface area contributed by atoms with Gasteiger partial charge in [-0.25, -0.2) is 0 Å². The van der Waals surface area contributed by atoms with Crippen molar-refractivity contribution in [3.05, 3.63) is 48.0 Å². The van der Waals surface area contributed by atoms with Gasteiger partial charge in [-0.1, -0.05) is 18.7 Å². The summed E-state index contributed by atoms with van der Waals surface area (Å²) in [4.78, 5) is 11.1. The third kappa shape index (κ3) is 4.32. The molecule has 3 nitrogen and oxygen atoms in total. The van der Waals surface area contributed by atoms with Gasteiger partial charge in [0.15, 0.2) is 0 Å². The summed E-state index contributed by atoms with van der Waals surface area (Å²) in [7, 11) is 0. The SMILES string of the molecule is C=CC(=O)NC1CC(OCc2cccc(C(F)(F)F)c2)C1. The van der Waals surface area contributed by atoms with Crippen molar-refractivity contribution in [1.29, 1.82) is 0 Å². The molecule has 0 radical (unpaired) electrons. The summed E-state index contributed by atoms with van der Waals surface area (Å²) < 4.78 is 43.2. The monoisotopic (exact) mass is 299 g/mol. The van der Waals surface area contributed by atoms with E-state index in [1.165, 1.54) is 12.1 Å². The molecule has 0 bridgehead atoms. The molecule has 0 atom stereocenters. The summed E-state index contributed by atoms with van der Waals surface area (Å²) in [6.07, 6.45) is -1.84. The summed E-state index contributed by atoms with van der Waals surface area (Å²) in [6.45, 7) is 3.50. The minimum absolute atomic E-state index is 0.0327. The minimum Gasteiger partial charge on any atom is -0.373 e. The van der Waals surface area contributed by atoms with Gasteiger partial charge in [-0.2, -0.15) is 13.2 Å². The van der Waals surface area contributed by atoms with Crippen LogP contribution in [0.3, 0.4) is 0 Å². The quantitative estimate of drug-likeness (QED) is 0.849. The number of hydrogen-bond donors (Lipinski definition) is 1. The molecule has 1 amide bonds. The molecule has 0 unspecified atom stereocenters. The van der Waals surface area contributed by atoms with Gasteiger partial charge in [0.2, 0.25) is 5.91 Å². The molecule has 0 aliphatic heterocycles. The molecule has 21 heavy (non-hydrogen) atoms. The first-order valence-corrected chi connectivity index (χ1v) is 6.59. The molecule has 114 valence electrons. The molecule has 1 fully saturated rings. The van der Waals surface area contributed by atoms with E-state index >= 15 is 0 Å². The van der Waals surface area contributed by atoms with Crippen molar-refractivity contribution >= 4 is 5.91 Å². The molecule has 0 aromatic heterocycles. The van der Waals surface area contributed by atoms with Crippen LogP contribution in [0.5, 0.6) is 0 Å². The molecule has 1 aromatic carbocycles. The zero-order valence-electron chi connectivity index (χ0n) is 11.3. The van der Waals surface area contributed by atoms with E-state index in [1.54, 1.807) is 6.07 Å². The van der Waals surface area contributed by atoms with Crippen molar-refractivity contribution in [3.63, 3.8) is 0 Å². The number of alkyl halides is 3. The van der Waals surface area contributed by atoms with Gasteiger partial charge in [0, 0.05) is 6.04 Å². The summed E-state index contributed by atoms with van der Waals surface area (Å²) in [5, 5.41) is 2.74. The summed E-state index contributed by atoms with van der Waals surface area (Å²) >= 11 is 0. The van der Waals surface area contributed by atoms with E-state index in [0.717, 1.165) is 12.1 Å². The summed E-state index contributed by atoms with van der Waals surface area (Å²) in [5.74, 6) is -0.226. The Morgan fingerprint density at radius 3 is 2.76 bits per heavy atom. The summed E-state index contributed by atoms with van der Waals surface area (Å²) in [5.41, 5.74) is -0.184. The van der Waals surface area contributed by atoms with Gasteiger partial charge in [-0.15, -0.1) is 0 Å². The average Bonchev–Trinajstić information content (AvgIpc) is 2.40. The van der Waals surface area contributed by atoms with Gasteiger partial charge in [0.25, 0.3) is 0 Å². The van der Waals surface area contributed by atoms with Crippen molar-refractivity contribution in [2.24, 2.45) is 0 Å². The van der Waals surface area contributed by atoms with E-state index in [2.05, 4.69) is 11.9 Å². The van der Waals surface area contributed by atoms with Gasteiger partial charge in [0.05, 0.1) is 18.3 Å². The third-order valence-electron chi connectivity index (χ3n) is 3.37. The van der Waals surface area contributed by atoms with Gasteiger partial charge in [-0.05, 0) is 36.6 Å². The van der Waals surface area contributed by atoms with Gasteiger partial charge in [0.1, 0.15) is 0 Å². The Bertz CT molecular complexity index is 522. The number of nitrogens with one attached hydrogen (secondary N) is 1. The highest BCUT2D eigenvalue weighted by Crippen LogP contribution is 2.30. The second-order valence-corrected chi connectivity index (χ2v) is 5.01. The Morgan fingerprint density at radius 2 is 2.14 bits per heavy atom. The lowest BCUT2D eigenvalue weighted by molar-refractivity contribution is -0.137. The Balaban J connectivity index is 1.78. The number of carbonyl (C=O) groups is 1. The minimum atomic E-state index is -4.34. The number of rotatable bonds is 5. The highest BCUT2D eigenvalue weighted by Gasteiger charge is 2.32. The zero-order valence-corrected chi connectivity index (χ0v) is 11.3. The zero-order chi connectivity index (χ0) is 15.5. The van der Waals surface area contributed by atoms with Crippen LogP contribution in [0.1, 0.15) is 24.0 Å². The van der Waals surface area contributed by atoms with E-state index in [1.807, 2.05) is 0 Å². The fraction of sp³-hybridized carbons (Fsp3) is 0.400. The first-order valence-electron chi connectivity index (χ1n) is 6.59. The van der Waals surface area contributed by atoms with Crippen LogP contribution >= 0.6 is 0 Å². The van der Waals surface area contributed by atoms with Crippen molar-refractivity contribution < 1.29 is 22.7 Å². The van der Waals surface area contributed by atoms with E-state index in [4.69, 9.17) is 4.74 Å². The lowest BCUT2D eigenvalue weighted by Crippen LogP contribution is -2.47. The Labute approximate surface area is 120 Å². The Morgan fingerprint density at radius 1 is 1.43 bits per heavy atom. The lowest BCUT2D eigenvalue weighted by Gasteiger charge is -2.35. The van der Waals surface area contributed by atoms with E-state index in [0.29, 0.717) is 18.4 Å². The molecule has 1 aromatic rings. The van der Waals surface area contributed by atoms with Gasteiger partial charge in [-0.3, -0.25) is 4.79 Å². The van der Waals surface area contributed by atoms with Crippen molar-refractivity contribution in [2.75, 3.05) is 0 Å². The molecule has 0 heterocycles. The second kappa shape index (κ2) is 6.30. The lowest BCUT2D eigenvalue weighted by atomic mass is 9.89. The molecule has 0 saturated heterocycles. The first-order chi connectivity index (χ1) is 9.88. The number of hydrogen-bond acceptors (Lipinski definition) is 2. The Hall–Kier alpha value is -1.82. The molecule has 1 N–H and O–H groups in total. The molecule has 1 aliphatic rings. The fourth-order valence-corrected chi connectivity index (χ4v) is 2.13. The molecule has 1 aliphatic carbocycles. The molecular weight excluding hydrogens is 283 g/mol. The topological polar surface area (TPSA) is 38.3 Å². The van der Waals surface area contributed by atoms with Crippen LogP contribution in [0.4, 0.5) is 13.2 Å². The maximum Gasteiger partial charge on any atom is 0.416 e. The van der Waals surface area contributed by atoms with Crippen LogP contribution in [-0.4, -0.2) is 18.1 Å². The van der Waals surface area contributed by atoms with Crippen LogP contribution in [0.2, 0.25) is 0 Å². The first kappa shape index (κ1) is 15.6. The van der Waals surface area contributed by atoms with Crippen molar-refractivity contribution in [1.82, 2.24) is 5.32 Å². The van der Waals surface area contributed by atoms with Crippen molar-refractivity contribution in [2.45, 2.75) is 37.8 Å².